The lowest BCUT2D eigenvalue weighted by atomic mass is 10.2. The molecule has 2 N–H and O–H groups in total. The summed E-state index contributed by atoms with van der Waals surface area (Å²) in [5.74, 6) is 0.906. The summed E-state index contributed by atoms with van der Waals surface area (Å²) in [6.45, 7) is 7.36. The van der Waals surface area contributed by atoms with E-state index in [0.717, 1.165) is 50.6 Å². The van der Waals surface area contributed by atoms with Gasteiger partial charge in [0.2, 0.25) is 0 Å². The maximum Gasteiger partial charge on any atom is 0.276 e. The zero-order valence-electron chi connectivity index (χ0n) is 14.5. The summed E-state index contributed by atoms with van der Waals surface area (Å²) in [6, 6.07) is 8.08. The van der Waals surface area contributed by atoms with E-state index in [4.69, 9.17) is 4.74 Å². The third kappa shape index (κ3) is 5.62. The number of rotatable bonds is 9. The number of methoxy groups -OCH3 is 1. The van der Waals surface area contributed by atoms with Crippen molar-refractivity contribution >= 4 is 15.9 Å². The number of nitrogens with one attached hydrogen (secondary N) is 2. The van der Waals surface area contributed by atoms with Crippen LogP contribution in [-0.4, -0.2) is 66.2 Å². The highest BCUT2D eigenvalue weighted by atomic mass is 32.2. The minimum Gasteiger partial charge on any atom is -0.495 e. The fraction of sp³-hybridized carbons (Fsp3) is 0.625. The molecule has 0 radical (unpaired) electrons. The Morgan fingerprint density at radius 2 is 1.83 bits per heavy atom. The second-order valence-corrected chi connectivity index (χ2v) is 7.33. The van der Waals surface area contributed by atoms with Crippen LogP contribution >= 0.6 is 0 Å². The topological polar surface area (TPSA) is 73.9 Å². The van der Waals surface area contributed by atoms with E-state index in [2.05, 4.69) is 25.3 Å². The highest BCUT2D eigenvalue weighted by molar-refractivity contribution is 7.87. The molecule has 0 bridgehead atoms. The van der Waals surface area contributed by atoms with Crippen molar-refractivity contribution in [3.05, 3.63) is 24.3 Å². The van der Waals surface area contributed by atoms with Gasteiger partial charge in [0.25, 0.3) is 10.2 Å². The first kappa shape index (κ1) is 19.0. The van der Waals surface area contributed by atoms with Crippen molar-refractivity contribution in [1.82, 2.24) is 14.3 Å². The lowest BCUT2D eigenvalue weighted by Gasteiger charge is -2.36. The fourth-order valence-electron chi connectivity index (χ4n) is 2.85. The van der Waals surface area contributed by atoms with Crippen LogP contribution in [-0.2, 0) is 10.2 Å². The molecule has 24 heavy (non-hydrogen) atoms. The Balaban J connectivity index is 1.71. The SMILES string of the molecule is CCNS(=O)(=O)NCCCN1CCN(c2ccccc2OC)CC1. The minimum absolute atomic E-state index is 0.403. The first-order valence-corrected chi connectivity index (χ1v) is 9.88. The number of para-hydroxylation sites is 2. The van der Waals surface area contributed by atoms with Gasteiger partial charge in [-0.15, -0.1) is 0 Å². The number of hydrogen-bond acceptors (Lipinski definition) is 5. The van der Waals surface area contributed by atoms with Crippen molar-refractivity contribution in [2.24, 2.45) is 0 Å². The molecule has 1 aromatic carbocycles. The van der Waals surface area contributed by atoms with Crippen molar-refractivity contribution in [2.75, 3.05) is 57.8 Å². The molecule has 1 fully saturated rings. The van der Waals surface area contributed by atoms with Crippen molar-refractivity contribution < 1.29 is 13.2 Å². The number of piperazine rings is 1. The first-order valence-electron chi connectivity index (χ1n) is 8.40. The Labute approximate surface area is 145 Å². The number of anilines is 1. The molecule has 8 heteroatoms. The monoisotopic (exact) mass is 356 g/mol. The van der Waals surface area contributed by atoms with Gasteiger partial charge in [-0.05, 0) is 25.1 Å². The van der Waals surface area contributed by atoms with E-state index in [0.29, 0.717) is 13.1 Å². The molecule has 0 unspecified atom stereocenters. The van der Waals surface area contributed by atoms with Gasteiger partial charge in [0, 0.05) is 39.3 Å². The summed E-state index contributed by atoms with van der Waals surface area (Å²) < 4.78 is 33.4. The van der Waals surface area contributed by atoms with Crippen LogP contribution in [0.25, 0.3) is 0 Å². The Morgan fingerprint density at radius 1 is 1.12 bits per heavy atom. The summed E-state index contributed by atoms with van der Waals surface area (Å²) >= 11 is 0. The van der Waals surface area contributed by atoms with Crippen LogP contribution in [0.3, 0.4) is 0 Å². The lowest BCUT2D eigenvalue weighted by Crippen LogP contribution is -2.47. The predicted molar refractivity (Wildman–Crippen MR) is 96.9 cm³/mol. The van der Waals surface area contributed by atoms with Crippen LogP contribution in [0, 0.1) is 0 Å². The number of nitrogens with zero attached hydrogens (tertiary/aromatic N) is 2. The van der Waals surface area contributed by atoms with E-state index in [1.807, 2.05) is 18.2 Å². The highest BCUT2D eigenvalue weighted by Crippen LogP contribution is 2.28. The summed E-state index contributed by atoms with van der Waals surface area (Å²) in [7, 11) is -1.63. The maximum absolute atomic E-state index is 11.5. The van der Waals surface area contributed by atoms with E-state index < -0.39 is 10.2 Å². The molecule has 1 aliphatic heterocycles. The first-order chi connectivity index (χ1) is 11.6. The van der Waals surface area contributed by atoms with Crippen LogP contribution in [0.5, 0.6) is 5.75 Å². The molecule has 2 rings (SSSR count). The summed E-state index contributed by atoms with van der Waals surface area (Å²) in [6.07, 6.45) is 0.805. The van der Waals surface area contributed by atoms with Crippen LogP contribution in [0.1, 0.15) is 13.3 Å². The molecule has 0 spiro atoms. The molecule has 0 aromatic heterocycles. The smallest absolute Gasteiger partial charge is 0.276 e. The van der Waals surface area contributed by atoms with Crippen molar-refractivity contribution in [3.8, 4) is 5.75 Å². The van der Waals surface area contributed by atoms with Crippen LogP contribution < -0.4 is 19.1 Å². The number of benzene rings is 1. The molecule has 136 valence electrons. The third-order valence-corrected chi connectivity index (χ3v) is 5.33. The van der Waals surface area contributed by atoms with Crippen molar-refractivity contribution in [3.63, 3.8) is 0 Å². The van der Waals surface area contributed by atoms with E-state index in [9.17, 15) is 8.42 Å². The Hall–Kier alpha value is -1.35. The maximum atomic E-state index is 11.5. The molecular weight excluding hydrogens is 328 g/mol. The number of hydrogen-bond donors (Lipinski definition) is 2. The molecule has 7 nitrogen and oxygen atoms in total. The van der Waals surface area contributed by atoms with Crippen molar-refractivity contribution in [1.29, 1.82) is 0 Å². The molecule has 1 heterocycles. The van der Waals surface area contributed by atoms with E-state index in [1.54, 1.807) is 14.0 Å². The zero-order valence-corrected chi connectivity index (χ0v) is 15.3. The number of ether oxygens (including phenoxy) is 1. The van der Waals surface area contributed by atoms with Gasteiger partial charge in [0.15, 0.2) is 0 Å². The Kier molecular flexibility index (Phi) is 7.29. The van der Waals surface area contributed by atoms with Gasteiger partial charge in [-0.25, -0.2) is 9.44 Å². The van der Waals surface area contributed by atoms with Gasteiger partial charge in [0.05, 0.1) is 12.8 Å². The van der Waals surface area contributed by atoms with Crippen LogP contribution in [0.2, 0.25) is 0 Å². The van der Waals surface area contributed by atoms with E-state index >= 15 is 0 Å². The average molecular weight is 356 g/mol. The molecule has 0 saturated carbocycles. The van der Waals surface area contributed by atoms with Crippen LogP contribution in [0.15, 0.2) is 24.3 Å². The molecule has 0 atom stereocenters. The lowest BCUT2D eigenvalue weighted by molar-refractivity contribution is 0.254. The van der Waals surface area contributed by atoms with E-state index in [-0.39, 0.29) is 0 Å². The molecule has 0 amide bonds. The molecular formula is C16H28N4O3S. The highest BCUT2D eigenvalue weighted by Gasteiger charge is 2.19. The fourth-order valence-corrected chi connectivity index (χ4v) is 3.75. The zero-order chi connectivity index (χ0) is 17.4. The summed E-state index contributed by atoms with van der Waals surface area (Å²) in [5, 5.41) is 0. The Morgan fingerprint density at radius 3 is 2.50 bits per heavy atom. The molecule has 1 saturated heterocycles. The van der Waals surface area contributed by atoms with Gasteiger partial charge < -0.3 is 9.64 Å². The second-order valence-electron chi connectivity index (χ2n) is 5.75. The van der Waals surface area contributed by atoms with Crippen LogP contribution in [0.4, 0.5) is 5.69 Å². The largest absolute Gasteiger partial charge is 0.495 e. The normalized spacial score (nSPS) is 16.3. The standard InChI is InChI=1S/C16H28N4O3S/c1-3-17-24(21,22)18-9-6-10-19-11-13-20(14-12-19)15-7-4-5-8-16(15)23-2/h4-5,7-8,17-18H,3,6,9-14H2,1-2H3. The quantitative estimate of drug-likeness (QED) is 0.636. The third-order valence-electron chi connectivity index (χ3n) is 4.08. The Bertz CT molecular complexity index is 601. The molecule has 1 aliphatic rings. The molecule has 0 aliphatic carbocycles. The van der Waals surface area contributed by atoms with Gasteiger partial charge in [-0.1, -0.05) is 19.1 Å². The summed E-state index contributed by atoms with van der Waals surface area (Å²) in [5.41, 5.74) is 1.14. The predicted octanol–water partition coefficient (Wildman–Crippen LogP) is 0.651. The second kappa shape index (κ2) is 9.22. The van der Waals surface area contributed by atoms with Gasteiger partial charge in [-0.3, -0.25) is 4.90 Å². The minimum atomic E-state index is -3.33. The summed E-state index contributed by atoms with van der Waals surface area (Å²) in [4.78, 5) is 4.71. The average Bonchev–Trinajstić information content (AvgIpc) is 2.59. The van der Waals surface area contributed by atoms with E-state index in [1.165, 1.54) is 0 Å². The molecule has 1 aromatic rings. The van der Waals surface area contributed by atoms with Crippen molar-refractivity contribution in [2.45, 2.75) is 13.3 Å². The van der Waals surface area contributed by atoms with Gasteiger partial charge >= 0.3 is 0 Å². The van der Waals surface area contributed by atoms with Gasteiger partial charge in [-0.2, -0.15) is 8.42 Å². The van der Waals surface area contributed by atoms with Gasteiger partial charge in [0.1, 0.15) is 5.75 Å².